The summed E-state index contributed by atoms with van der Waals surface area (Å²) in [5.74, 6) is 0.839. The molecule has 0 saturated carbocycles. The molecule has 0 aliphatic heterocycles. The smallest absolute Gasteiger partial charge is 0.119 e. The fraction of sp³-hybridized carbons (Fsp3) is 0.105. The molecule has 23 heavy (non-hydrogen) atoms. The maximum Gasteiger partial charge on any atom is 0.119 e. The Morgan fingerprint density at radius 3 is 2.83 bits per heavy atom. The maximum atomic E-state index is 5.18. The average molecular weight is 303 g/mol. The van der Waals surface area contributed by atoms with Crippen LogP contribution >= 0.6 is 0 Å². The zero-order valence-electron chi connectivity index (χ0n) is 12.9. The normalized spacial score (nSPS) is 12.2. The number of anilines is 2. The lowest BCUT2D eigenvalue weighted by molar-refractivity contribution is 0.414. The number of hydrogen-bond donors (Lipinski definition) is 1. The van der Waals surface area contributed by atoms with Crippen LogP contribution in [-0.4, -0.2) is 16.9 Å². The van der Waals surface area contributed by atoms with Gasteiger partial charge in [-0.25, -0.2) is 4.68 Å². The number of methoxy groups -OCH3 is 1. The minimum atomic E-state index is 0.839. The molecule has 2 aromatic carbocycles. The summed E-state index contributed by atoms with van der Waals surface area (Å²) in [6.45, 7) is 0. The molecule has 0 fully saturated rings. The van der Waals surface area contributed by atoms with Crippen molar-refractivity contribution < 1.29 is 4.74 Å². The quantitative estimate of drug-likeness (QED) is 0.785. The molecule has 1 N–H and O–H groups in total. The molecule has 0 unspecified atom stereocenters. The lowest BCUT2D eigenvalue weighted by atomic mass is 10.1. The van der Waals surface area contributed by atoms with Crippen LogP contribution in [0.1, 0.15) is 11.1 Å². The first-order valence-electron chi connectivity index (χ1n) is 7.58. The van der Waals surface area contributed by atoms with Crippen molar-refractivity contribution in [2.75, 3.05) is 12.4 Å². The molecule has 3 aromatic rings. The van der Waals surface area contributed by atoms with E-state index in [2.05, 4.69) is 40.8 Å². The van der Waals surface area contributed by atoms with Crippen LogP contribution < -0.4 is 10.1 Å². The predicted molar refractivity (Wildman–Crippen MR) is 92.6 cm³/mol. The highest BCUT2D eigenvalue weighted by Crippen LogP contribution is 2.29. The van der Waals surface area contributed by atoms with Crippen molar-refractivity contribution in [1.29, 1.82) is 0 Å². The second-order valence-corrected chi connectivity index (χ2v) is 5.48. The number of nitrogens with one attached hydrogen (secondary N) is 1. The largest absolute Gasteiger partial charge is 0.497 e. The van der Waals surface area contributed by atoms with E-state index in [1.807, 2.05) is 41.3 Å². The highest BCUT2D eigenvalue weighted by atomic mass is 16.5. The van der Waals surface area contributed by atoms with E-state index >= 15 is 0 Å². The Hall–Kier alpha value is -3.01. The summed E-state index contributed by atoms with van der Waals surface area (Å²) in [7, 11) is 1.66. The fourth-order valence-electron chi connectivity index (χ4n) is 2.82. The minimum Gasteiger partial charge on any atom is -0.497 e. The van der Waals surface area contributed by atoms with Gasteiger partial charge in [-0.15, -0.1) is 0 Å². The lowest BCUT2D eigenvalue weighted by Gasteiger charge is -2.08. The van der Waals surface area contributed by atoms with E-state index in [1.165, 1.54) is 11.1 Å². The van der Waals surface area contributed by atoms with Gasteiger partial charge in [0.15, 0.2) is 0 Å². The Labute approximate surface area is 135 Å². The zero-order valence-corrected chi connectivity index (χ0v) is 12.9. The predicted octanol–water partition coefficient (Wildman–Crippen LogP) is 4.19. The van der Waals surface area contributed by atoms with Crippen molar-refractivity contribution in [2.24, 2.45) is 0 Å². The van der Waals surface area contributed by atoms with E-state index in [9.17, 15) is 0 Å². The van der Waals surface area contributed by atoms with Gasteiger partial charge in [0.25, 0.3) is 0 Å². The van der Waals surface area contributed by atoms with Crippen molar-refractivity contribution in [1.82, 2.24) is 9.78 Å². The fourth-order valence-corrected chi connectivity index (χ4v) is 2.82. The van der Waals surface area contributed by atoms with Crippen molar-refractivity contribution in [3.8, 4) is 11.4 Å². The van der Waals surface area contributed by atoms with Crippen LogP contribution in [0, 0.1) is 0 Å². The molecule has 4 nitrogen and oxygen atoms in total. The summed E-state index contributed by atoms with van der Waals surface area (Å²) in [4.78, 5) is 0. The molecule has 1 aliphatic rings. The third kappa shape index (κ3) is 2.59. The zero-order chi connectivity index (χ0) is 15.6. The molecule has 0 bridgehead atoms. The molecule has 0 atom stereocenters. The number of allylic oxidation sites excluding steroid dienone is 1. The van der Waals surface area contributed by atoms with Crippen molar-refractivity contribution in [3.05, 3.63) is 72.1 Å². The molecule has 4 heteroatoms. The SMILES string of the molecule is COc1ccc(-n2cc(Nc3cccc4c3C=CC4)cn2)cc1. The lowest BCUT2D eigenvalue weighted by Crippen LogP contribution is -1.95. The second kappa shape index (κ2) is 5.65. The van der Waals surface area contributed by atoms with E-state index in [4.69, 9.17) is 4.74 Å². The van der Waals surface area contributed by atoms with Gasteiger partial charge in [-0.2, -0.15) is 5.10 Å². The highest BCUT2D eigenvalue weighted by molar-refractivity contribution is 5.76. The Bertz CT molecular complexity index is 863. The highest BCUT2D eigenvalue weighted by Gasteiger charge is 2.10. The molecular weight excluding hydrogens is 286 g/mol. The van der Waals surface area contributed by atoms with Gasteiger partial charge in [-0.3, -0.25) is 0 Å². The van der Waals surface area contributed by atoms with E-state index in [1.54, 1.807) is 7.11 Å². The molecular formula is C19H17N3O. The molecule has 0 saturated heterocycles. The molecule has 0 spiro atoms. The maximum absolute atomic E-state index is 5.18. The van der Waals surface area contributed by atoms with Crippen LogP contribution in [0.5, 0.6) is 5.75 Å². The average Bonchev–Trinajstić information content (AvgIpc) is 3.25. The van der Waals surface area contributed by atoms with Crippen LogP contribution in [0.3, 0.4) is 0 Å². The van der Waals surface area contributed by atoms with Crippen molar-refractivity contribution in [2.45, 2.75) is 6.42 Å². The van der Waals surface area contributed by atoms with Gasteiger partial charge >= 0.3 is 0 Å². The third-order valence-corrected chi connectivity index (χ3v) is 4.02. The number of hydrogen-bond acceptors (Lipinski definition) is 3. The number of fused-ring (bicyclic) bond motifs is 1. The van der Waals surface area contributed by atoms with Gasteiger partial charge in [-0.05, 0) is 42.3 Å². The summed E-state index contributed by atoms with van der Waals surface area (Å²) in [5, 5.41) is 7.88. The van der Waals surface area contributed by atoms with E-state index < -0.39 is 0 Å². The van der Waals surface area contributed by atoms with Crippen molar-refractivity contribution >= 4 is 17.5 Å². The first kappa shape index (κ1) is 13.6. The number of benzene rings is 2. The first-order valence-corrected chi connectivity index (χ1v) is 7.58. The van der Waals surface area contributed by atoms with Gasteiger partial charge in [0.1, 0.15) is 5.75 Å². The molecule has 1 aliphatic carbocycles. The molecule has 0 amide bonds. The summed E-state index contributed by atoms with van der Waals surface area (Å²) in [6.07, 6.45) is 9.19. The van der Waals surface area contributed by atoms with Crippen LogP contribution in [0.25, 0.3) is 11.8 Å². The van der Waals surface area contributed by atoms with E-state index in [-0.39, 0.29) is 0 Å². The summed E-state index contributed by atoms with van der Waals surface area (Å²) >= 11 is 0. The van der Waals surface area contributed by atoms with Crippen LogP contribution in [-0.2, 0) is 6.42 Å². The Morgan fingerprint density at radius 2 is 2.00 bits per heavy atom. The van der Waals surface area contributed by atoms with Gasteiger partial charge < -0.3 is 10.1 Å². The van der Waals surface area contributed by atoms with Crippen LogP contribution in [0.15, 0.2) is 60.9 Å². The second-order valence-electron chi connectivity index (χ2n) is 5.48. The summed E-state index contributed by atoms with van der Waals surface area (Å²) < 4.78 is 7.03. The Kier molecular flexibility index (Phi) is 3.35. The van der Waals surface area contributed by atoms with Gasteiger partial charge in [0, 0.05) is 11.3 Å². The number of ether oxygens (including phenoxy) is 1. The van der Waals surface area contributed by atoms with E-state index in [0.717, 1.165) is 29.2 Å². The first-order chi connectivity index (χ1) is 11.3. The Morgan fingerprint density at radius 1 is 1.13 bits per heavy atom. The number of aromatic nitrogens is 2. The van der Waals surface area contributed by atoms with Crippen molar-refractivity contribution in [3.63, 3.8) is 0 Å². The monoisotopic (exact) mass is 303 g/mol. The van der Waals surface area contributed by atoms with Gasteiger partial charge in [0.2, 0.25) is 0 Å². The molecule has 114 valence electrons. The van der Waals surface area contributed by atoms with E-state index in [0.29, 0.717) is 0 Å². The third-order valence-electron chi connectivity index (χ3n) is 4.02. The molecule has 4 rings (SSSR count). The molecule has 1 aromatic heterocycles. The standard InChI is InChI=1S/C19H17N3O/c1-23-17-10-8-16(9-11-17)22-13-15(12-20-22)21-19-7-3-5-14-4-2-6-18(14)19/h2-3,5-13,21H,4H2,1H3. The number of nitrogens with zero attached hydrogens (tertiary/aromatic N) is 2. The summed E-state index contributed by atoms with van der Waals surface area (Å²) in [5.41, 5.74) is 5.71. The molecule has 1 heterocycles. The minimum absolute atomic E-state index is 0.839. The van der Waals surface area contributed by atoms with Gasteiger partial charge in [-0.1, -0.05) is 24.3 Å². The van der Waals surface area contributed by atoms with Crippen LogP contribution in [0.4, 0.5) is 11.4 Å². The topological polar surface area (TPSA) is 39.1 Å². The van der Waals surface area contributed by atoms with Gasteiger partial charge in [0.05, 0.1) is 30.9 Å². The number of rotatable bonds is 4. The van der Waals surface area contributed by atoms with Crippen LogP contribution in [0.2, 0.25) is 0 Å². The summed E-state index contributed by atoms with van der Waals surface area (Å²) in [6, 6.07) is 14.2. The molecule has 0 radical (unpaired) electrons. The Balaban J connectivity index is 1.59.